The molecule has 0 aliphatic carbocycles. The Kier molecular flexibility index (Phi) is 6.05. The molecule has 3 aromatic rings. The number of benzene rings is 2. The first-order valence-electron chi connectivity index (χ1n) is 9.11. The van der Waals surface area contributed by atoms with Crippen molar-refractivity contribution < 1.29 is 21.6 Å². The lowest BCUT2D eigenvalue weighted by Crippen LogP contribution is -2.29. The van der Waals surface area contributed by atoms with Gasteiger partial charge in [0.1, 0.15) is 17.5 Å². The van der Waals surface area contributed by atoms with E-state index >= 15 is 0 Å². The highest BCUT2D eigenvalue weighted by molar-refractivity contribution is 7.89. The molecule has 0 unspecified atom stereocenters. The number of alkyl halides is 3. The summed E-state index contributed by atoms with van der Waals surface area (Å²) in [6.07, 6.45) is -4.49. The van der Waals surface area contributed by atoms with Crippen LogP contribution in [0, 0.1) is 11.3 Å². The van der Waals surface area contributed by atoms with Crippen molar-refractivity contribution in [3.63, 3.8) is 0 Å². The van der Waals surface area contributed by atoms with Crippen LogP contribution in [0.25, 0.3) is 10.9 Å². The normalized spacial score (nSPS) is 12.1. The molecule has 0 radical (unpaired) electrons. The van der Waals surface area contributed by atoms with E-state index in [1.165, 1.54) is 18.2 Å². The van der Waals surface area contributed by atoms with Crippen LogP contribution in [0.1, 0.15) is 18.1 Å². The molecule has 158 valence electrons. The Morgan fingerprint density at radius 2 is 1.80 bits per heavy atom. The van der Waals surface area contributed by atoms with Crippen LogP contribution in [0.15, 0.2) is 53.4 Å². The molecule has 0 saturated heterocycles. The van der Waals surface area contributed by atoms with E-state index in [9.17, 15) is 26.9 Å². The van der Waals surface area contributed by atoms with Gasteiger partial charge in [-0.2, -0.15) is 18.4 Å². The van der Waals surface area contributed by atoms with Gasteiger partial charge in [0.25, 0.3) is 0 Å². The molecule has 0 atom stereocenters. The van der Waals surface area contributed by atoms with Crippen LogP contribution in [0.2, 0.25) is 0 Å². The summed E-state index contributed by atoms with van der Waals surface area (Å²) in [6.45, 7) is 2.26. The maximum atomic E-state index is 13.1. The average Bonchev–Trinajstić information content (AvgIpc) is 3.02. The molecule has 2 aromatic carbocycles. The summed E-state index contributed by atoms with van der Waals surface area (Å²) in [5, 5.41) is 12.9. The zero-order valence-corrected chi connectivity index (χ0v) is 16.8. The van der Waals surface area contributed by atoms with E-state index in [1.807, 2.05) is 6.07 Å². The third-order valence-corrected chi connectivity index (χ3v) is 6.06. The zero-order valence-electron chi connectivity index (χ0n) is 16.0. The predicted octanol–water partition coefficient (Wildman–Crippen LogP) is 3.94. The quantitative estimate of drug-likeness (QED) is 0.549. The smallest absolute Gasteiger partial charge is 0.369 e. The molecule has 0 bridgehead atoms. The van der Waals surface area contributed by atoms with Gasteiger partial charge in [0, 0.05) is 25.0 Å². The molecule has 0 aliphatic rings. The molecule has 10 heteroatoms. The van der Waals surface area contributed by atoms with Gasteiger partial charge >= 0.3 is 6.18 Å². The van der Waals surface area contributed by atoms with Crippen molar-refractivity contribution >= 4 is 26.7 Å². The SMILES string of the molecule is CCn1c(NCCNS(=O)(=O)c2ccccc2)c(C#N)c2ccc(C(F)(F)F)cc21. The number of rotatable bonds is 7. The summed E-state index contributed by atoms with van der Waals surface area (Å²) < 4.78 is 67.8. The second kappa shape index (κ2) is 8.38. The fourth-order valence-electron chi connectivity index (χ4n) is 3.20. The minimum Gasteiger partial charge on any atom is -0.369 e. The van der Waals surface area contributed by atoms with E-state index in [0.717, 1.165) is 12.1 Å². The van der Waals surface area contributed by atoms with Crippen LogP contribution in [-0.2, 0) is 22.7 Å². The number of anilines is 1. The van der Waals surface area contributed by atoms with E-state index in [1.54, 1.807) is 29.7 Å². The Hall–Kier alpha value is -3.03. The summed E-state index contributed by atoms with van der Waals surface area (Å²) in [5.41, 5.74) is -0.295. The van der Waals surface area contributed by atoms with Gasteiger partial charge in [-0.15, -0.1) is 0 Å². The highest BCUT2D eigenvalue weighted by Gasteiger charge is 2.31. The molecule has 0 spiro atoms. The third kappa shape index (κ3) is 4.27. The van der Waals surface area contributed by atoms with Crippen molar-refractivity contribution in [1.29, 1.82) is 5.26 Å². The zero-order chi connectivity index (χ0) is 21.9. The van der Waals surface area contributed by atoms with Crippen molar-refractivity contribution in [3.05, 3.63) is 59.7 Å². The van der Waals surface area contributed by atoms with E-state index in [4.69, 9.17) is 0 Å². The van der Waals surface area contributed by atoms with E-state index in [0.29, 0.717) is 17.7 Å². The van der Waals surface area contributed by atoms with E-state index < -0.39 is 21.8 Å². The number of halogens is 3. The number of fused-ring (bicyclic) bond motifs is 1. The molecule has 1 aromatic heterocycles. The lowest BCUT2D eigenvalue weighted by atomic mass is 10.1. The highest BCUT2D eigenvalue weighted by Crippen LogP contribution is 2.35. The Morgan fingerprint density at radius 1 is 1.10 bits per heavy atom. The van der Waals surface area contributed by atoms with Crippen molar-refractivity contribution in [1.82, 2.24) is 9.29 Å². The van der Waals surface area contributed by atoms with Crippen molar-refractivity contribution in [2.75, 3.05) is 18.4 Å². The van der Waals surface area contributed by atoms with Crippen LogP contribution < -0.4 is 10.0 Å². The summed E-state index contributed by atoms with van der Waals surface area (Å²) in [4.78, 5) is 0.130. The molecule has 6 nitrogen and oxygen atoms in total. The summed E-state index contributed by atoms with van der Waals surface area (Å²) >= 11 is 0. The molecule has 0 amide bonds. The topological polar surface area (TPSA) is 86.9 Å². The molecule has 0 saturated carbocycles. The van der Waals surface area contributed by atoms with Gasteiger partial charge in [-0.25, -0.2) is 13.1 Å². The largest absolute Gasteiger partial charge is 0.416 e. The average molecular weight is 436 g/mol. The number of sulfonamides is 1. The number of nitrogens with zero attached hydrogens (tertiary/aromatic N) is 2. The van der Waals surface area contributed by atoms with E-state index in [2.05, 4.69) is 10.0 Å². The lowest BCUT2D eigenvalue weighted by molar-refractivity contribution is -0.137. The van der Waals surface area contributed by atoms with Crippen LogP contribution in [0.3, 0.4) is 0 Å². The number of nitriles is 1. The fourth-order valence-corrected chi connectivity index (χ4v) is 4.25. The molecule has 1 heterocycles. The van der Waals surface area contributed by atoms with Gasteiger partial charge in [-0.05, 0) is 31.2 Å². The van der Waals surface area contributed by atoms with Gasteiger partial charge < -0.3 is 9.88 Å². The van der Waals surface area contributed by atoms with Crippen molar-refractivity contribution in [2.24, 2.45) is 0 Å². The standard InChI is InChI=1S/C20H19F3N4O2S/c1-2-27-18-12-14(20(21,22)23)8-9-16(18)17(13-24)19(27)25-10-11-26-30(28,29)15-6-4-3-5-7-15/h3-9,12,25-26H,2,10-11H2,1H3. The monoisotopic (exact) mass is 436 g/mol. The molecule has 0 fully saturated rings. The maximum Gasteiger partial charge on any atom is 0.416 e. The molecule has 2 N–H and O–H groups in total. The first-order chi connectivity index (χ1) is 14.2. The summed E-state index contributed by atoms with van der Waals surface area (Å²) in [5.74, 6) is 0.355. The number of hydrogen-bond donors (Lipinski definition) is 2. The van der Waals surface area contributed by atoms with Crippen LogP contribution in [0.4, 0.5) is 19.0 Å². The Bertz CT molecular complexity index is 1200. The summed E-state index contributed by atoms with van der Waals surface area (Å²) in [7, 11) is -3.68. The van der Waals surface area contributed by atoms with Crippen molar-refractivity contribution in [3.8, 4) is 6.07 Å². The number of aromatic nitrogens is 1. The van der Waals surface area contributed by atoms with Crippen LogP contribution >= 0.6 is 0 Å². The highest BCUT2D eigenvalue weighted by atomic mass is 32.2. The number of aryl methyl sites for hydroxylation is 1. The molecule has 30 heavy (non-hydrogen) atoms. The number of nitrogens with one attached hydrogen (secondary N) is 2. The van der Waals surface area contributed by atoms with Gasteiger partial charge in [-0.1, -0.05) is 24.3 Å². The van der Waals surface area contributed by atoms with Gasteiger partial charge in [0.15, 0.2) is 0 Å². The van der Waals surface area contributed by atoms with Crippen LogP contribution in [-0.4, -0.2) is 26.1 Å². The first-order valence-corrected chi connectivity index (χ1v) is 10.6. The van der Waals surface area contributed by atoms with Gasteiger partial charge in [-0.3, -0.25) is 0 Å². The Balaban J connectivity index is 1.83. The maximum absolute atomic E-state index is 13.1. The molecular formula is C20H19F3N4O2S. The van der Waals surface area contributed by atoms with Crippen molar-refractivity contribution in [2.45, 2.75) is 24.5 Å². The minimum atomic E-state index is -4.49. The third-order valence-electron chi connectivity index (χ3n) is 4.58. The second-order valence-electron chi connectivity index (χ2n) is 6.45. The molecule has 3 rings (SSSR count). The second-order valence-corrected chi connectivity index (χ2v) is 8.21. The Morgan fingerprint density at radius 3 is 2.40 bits per heavy atom. The molecular weight excluding hydrogens is 417 g/mol. The predicted molar refractivity (Wildman–Crippen MR) is 107 cm³/mol. The minimum absolute atomic E-state index is 0.0289. The van der Waals surface area contributed by atoms with Gasteiger partial charge in [0.05, 0.1) is 16.0 Å². The number of hydrogen-bond acceptors (Lipinski definition) is 4. The molecule has 0 aliphatic heterocycles. The lowest BCUT2D eigenvalue weighted by Gasteiger charge is -2.12. The Labute approximate surface area is 172 Å². The summed E-state index contributed by atoms with van der Waals surface area (Å²) in [6, 6.07) is 13.1. The first kappa shape index (κ1) is 21.7. The van der Waals surface area contributed by atoms with E-state index in [-0.39, 0.29) is 29.1 Å². The van der Waals surface area contributed by atoms with Gasteiger partial charge in [0.2, 0.25) is 10.0 Å². The fraction of sp³-hybridized carbons (Fsp3) is 0.250. The van der Waals surface area contributed by atoms with Crippen LogP contribution in [0.5, 0.6) is 0 Å².